The van der Waals surface area contributed by atoms with Gasteiger partial charge in [-0.3, -0.25) is 0 Å². The summed E-state index contributed by atoms with van der Waals surface area (Å²) in [5.74, 6) is 1.21. The Bertz CT molecular complexity index is 671. The summed E-state index contributed by atoms with van der Waals surface area (Å²) < 4.78 is 0. The van der Waals surface area contributed by atoms with Gasteiger partial charge in [-0.2, -0.15) is 0 Å². The Morgan fingerprint density at radius 2 is 1.79 bits per heavy atom. The number of fused-ring (bicyclic) bond motifs is 5. The van der Waals surface area contributed by atoms with Crippen LogP contribution in [0.5, 0.6) is 0 Å². The molecule has 0 saturated heterocycles. The highest BCUT2D eigenvalue weighted by atomic mass is 16.6. The molecule has 4 aliphatic carbocycles. The zero-order valence-corrected chi connectivity index (χ0v) is 18.4. The van der Waals surface area contributed by atoms with E-state index in [2.05, 4.69) is 19.0 Å². The van der Waals surface area contributed by atoms with Crippen molar-refractivity contribution >= 4 is 5.71 Å². The summed E-state index contributed by atoms with van der Waals surface area (Å²) in [6.07, 6.45) is 7.65. The van der Waals surface area contributed by atoms with E-state index >= 15 is 0 Å². The number of rotatable bonds is 4. The van der Waals surface area contributed by atoms with Gasteiger partial charge in [-0.1, -0.05) is 19.0 Å². The fraction of sp³-hybridized carbons (Fsp3) is 0.957. The molecule has 0 unspecified atom stereocenters. The van der Waals surface area contributed by atoms with E-state index < -0.39 is 16.6 Å². The zero-order valence-electron chi connectivity index (χ0n) is 18.4. The van der Waals surface area contributed by atoms with Gasteiger partial charge in [-0.15, -0.1) is 0 Å². The summed E-state index contributed by atoms with van der Waals surface area (Å²) in [5.41, 5.74) is 3.57. The standard InChI is InChI=1S/C23H40N2O4/c1-15(25-29-13-12-24)22(27)10-11-23(28)19-5-4-16-14-17(26)6-8-20(16,2)18(19)7-9-21(22,23)3/h16-19,26-28H,4-14,24H2,1-3H3/b25-15+/t16-,17+,18+,19-,20+,21-,22-,23+/m1/s1. The largest absolute Gasteiger partial charge is 0.394 e. The molecular weight excluding hydrogens is 368 g/mol. The highest BCUT2D eigenvalue weighted by molar-refractivity contribution is 5.91. The Morgan fingerprint density at radius 3 is 2.52 bits per heavy atom. The third-order valence-electron chi connectivity index (χ3n) is 9.98. The molecule has 0 radical (unpaired) electrons. The van der Waals surface area contributed by atoms with Crippen molar-refractivity contribution in [3.05, 3.63) is 0 Å². The van der Waals surface area contributed by atoms with Crippen LogP contribution in [0.4, 0.5) is 0 Å². The van der Waals surface area contributed by atoms with Crippen molar-refractivity contribution in [3.8, 4) is 0 Å². The van der Waals surface area contributed by atoms with Gasteiger partial charge >= 0.3 is 0 Å². The second-order valence-corrected chi connectivity index (χ2v) is 10.9. The van der Waals surface area contributed by atoms with E-state index in [9.17, 15) is 15.3 Å². The van der Waals surface area contributed by atoms with Crippen LogP contribution in [0.1, 0.15) is 78.6 Å². The number of aliphatic hydroxyl groups is 3. The Hall–Kier alpha value is -0.690. The maximum atomic E-state index is 12.2. The molecule has 8 atom stereocenters. The van der Waals surface area contributed by atoms with Gasteiger partial charge in [0.1, 0.15) is 12.2 Å². The smallest absolute Gasteiger partial charge is 0.129 e. The van der Waals surface area contributed by atoms with Gasteiger partial charge in [-0.25, -0.2) is 0 Å². The predicted octanol–water partition coefficient (Wildman–Crippen LogP) is 2.59. The minimum Gasteiger partial charge on any atom is -0.394 e. The molecule has 6 nitrogen and oxygen atoms in total. The van der Waals surface area contributed by atoms with Crippen LogP contribution in [0.25, 0.3) is 0 Å². The summed E-state index contributed by atoms with van der Waals surface area (Å²) in [6, 6.07) is 0. The van der Waals surface area contributed by atoms with Crippen LogP contribution in [0, 0.1) is 28.6 Å². The second-order valence-electron chi connectivity index (χ2n) is 10.9. The van der Waals surface area contributed by atoms with Crippen molar-refractivity contribution in [3.63, 3.8) is 0 Å². The molecule has 0 amide bonds. The van der Waals surface area contributed by atoms with Crippen molar-refractivity contribution < 1.29 is 20.2 Å². The predicted molar refractivity (Wildman–Crippen MR) is 112 cm³/mol. The highest BCUT2D eigenvalue weighted by Crippen LogP contribution is 2.70. The van der Waals surface area contributed by atoms with Gasteiger partial charge in [0.25, 0.3) is 0 Å². The quantitative estimate of drug-likeness (QED) is 0.325. The fourth-order valence-corrected chi connectivity index (χ4v) is 8.07. The number of nitrogens with two attached hydrogens (primary N) is 1. The highest BCUT2D eigenvalue weighted by Gasteiger charge is 2.72. The van der Waals surface area contributed by atoms with Crippen LogP contribution >= 0.6 is 0 Å². The summed E-state index contributed by atoms with van der Waals surface area (Å²) >= 11 is 0. The molecule has 0 aromatic rings. The molecule has 0 aliphatic heterocycles. The monoisotopic (exact) mass is 408 g/mol. The van der Waals surface area contributed by atoms with Gasteiger partial charge in [0, 0.05) is 12.0 Å². The van der Waals surface area contributed by atoms with E-state index in [1.165, 1.54) is 0 Å². The van der Waals surface area contributed by atoms with Crippen molar-refractivity contribution in [2.45, 2.75) is 95.9 Å². The third-order valence-corrected chi connectivity index (χ3v) is 9.98. The zero-order chi connectivity index (χ0) is 21.1. The van der Waals surface area contributed by atoms with Crippen LogP contribution in [0.2, 0.25) is 0 Å². The molecular formula is C23H40N2O4. The number of oxime groups is 1. The SMILES string of the molecule is C/C(=N\OCCN)[C@]1(O)CC[C@]2(O)[C@@H]3CC[C@@H]4C[C@@H](O)CC[C@]4(C)[C@H]3CC[C@]12C. The number of hydrogen-bond acceptors (Lipinski definition) is 6. The molecule has 0 bridgehead atoms. The van der Waals surface area contributed by atoms with E-state index in [1.54, 1.807) is 0 Å². The molecule has 0 spiro atoms. The lowest BCUT2D eigenvalue weighted by Crippen LogP contribution is -2.66. The van der Waals surface area contributed by atoms with E-state index in [0.717, 1.165) is 44.9 Å². The molecule has 0 heterocycles. The Kier molecular flexibility index (Phi) is 5.33. The maximum absolute atomic E-state index is 12.2. The third kappa shape index (κ3) is 2.85. The van der Waals surface area contributed by atoms with Crippen molar-refractivity contribution in [1.82, 2.24) is 0 Å². The topological polar surface area (TPSA) is 108 Å². The van der Waals surface area contributed by atoms with Gasteiger partial charge in [0.2, 0.25) is 0 Å². The first-order valence-electron chi connectivity index (χ1n) is 11.6. The molecule has 5 N–H and O–H groups in total. The fourth-order valence-electron chi connectivity index (χ4n) is 8.07. The molecule has 4 saturated carbocycles. The minimum atomic E-state index is -1.15. The first kappa shape index (κ1) is 21.5. The lowest BCUT2D eigenvalue weighted by molar-refractivity contribution is -0.224. The lowest BCUT2D eigenvalue weighted by atomic mass is 9.43. The molecule has 4 rings (SSSR count). The second kappa shape index (κ2) is 7.18. The van der Waals surface area contributed by atoms with E-state index in [-0.39, 0.29) is 17.4 Å². The van der Waals surface area contributed by atoms with Gasteiger partial charge in [-0.05, 0) is 87.9 Å². The molecule has 166 valence electrons. The summed E-state index contributed by atoms with van der Waals surface area (Å²) in [6.45, 7) is 7.00. The molecule has 6 heteroatoms. The normalized spacial score (nSPS) is 52.4. The number of hydrogen-bond donors (Lipinski definition) is 4. The Labute approximate surface area is 174 Å². The number of aliphatic hydroxyl groups excluding tert-OH is 1. The van der Waals surface area contributed by atoms with E-state index in [0.29, 0.717) is 43.5 Å². The van der Waals surface area contributed by atoms with Crippen molar-refractivity contribution in [1.29, 1.82) is 0 Å². The average molecular weight is 409 g/mol. The van der Waals surface area contributed by atoms with Crippen LogP contribution < -0.4 is 5.73 Å². The molecule has 0 aromatic carbocycles. The minimum absolute atomic E-state index is 0.162. The van der Waals surface area contributed by atoms with Gasteiger partial charge < -0.3 is 25.9 Å². The van der Waals surface area contributed by atoms with Crippen LogP contribution in [-0.4, -0.2) is 51.5 Å². The van der Waals surface area contributed by atoms with Crippen molar-refractivity contribution in [2.24, 2.45) is 39.5 Å². The number of nitrogens with zero attached hydrogens (tertiary/aromatic N) is 1. The van der Waals surface area contributed by atoms with E-state index in [1.807, 2.05) is 6.92 Å². The van der Waals surface area contributed by atoms with Crippen LogP contribution in [-0.2, 0) is 4.84 Å². The summed E-state index contributed by atoms with van der Waals surface area (Å²) in [4.78, 5) is 5.28. The molecule has 4 fully saturated rings. The molecule has 0 aromatic heterocycles. The van der Waals surface area contributed by atoms with Gasteiger partial charge in [0.15, 0.2) is 0 Å². The summed E-state index contributed by atoms with van der Waals surface area (Å²) in [5, 5.41) is 38.3. The first-order valence-corrected chi connectivity index (χ1v) is 11.6. The van der Waals surface area contributed by atoms with Crippen molar-refractivity contribution in [2.75, 3.05) is 13.2 Å². The summed E-state index contributed by atoms with van der Waals surface area (Å²) in [7, 11) is 0. The average Bonchev–Trinajstić information content (AvgIpc) is 2.91. The van der Waals surface area contributed by atoms with Gasteiger partial charge in [0.05, 0.1) is 17.4 Å². The molecule has 4 aliphatic rings. The molecule has 29 heavy (non-hydrogen) atoms. The Morgan fingerprint density at radius 1 is 1.03 bits per heavy atom. The Balaban J connectivity index is 1.64. The first-order chi connectivity index (χ1) is 13.6. The lowest BCUT2D eigenvalue weighted by Gasteiger charge is -2.64. The maximum Gasteiger partial charge on any atom is 0.129 e. The van der Waals surface area contributed by atoms with E-state index in [4.69, 9.17) is 10.6 Å². The van der Waals surface area contributed by atoms with Crippen LogP contribution in [0.3, 0.4) is 0 Å². The van der Waals surface area contributed by atoms with Crippen LogP contribution in [0.15, 0.2) is 5.16 Å².